The Morgan fingerprint density at radius 3 is 2.18 bits per heavy atom. The van der Waals surface area contributed by atoms with E-state index in [-0.39, 0.29) is 37.6 Å². The van der Waals surface area contributed by atoms with Crippen molar-refractivity contribution in [3.05, 3.63) is 0 Å². The van der Waals surface area contributed by atoms with Crippen LogP contribution in [-0.4, -0.2) is 81.3 Å². The minimum absolute atomic E-state index is 0.0841. The Kier molecular flexibility index (Phi) is 13.0. The fourth-order valence-electron chi connectivity index (χ4n) is 2.60. The number of aliphatic hydroxyl groups excluding tert-OH is 4. The molecule has 0 spiro atoms. The standard InChI is InChI=1S/C18H33N3O6S/c1-10(24)6-21-18(27)14(12(3)19)4-5-16(28)20-7-13(8-22)17(26)11(2)15(25)9-23/h11,13-15,17,19,22-23,25-26H,4-9H2,1-3H3,(H,20,28)(H,21,27). The predicted octanol–water partition coefficient (Wildman–Crippen LogP) is -0.997. The average Bonchev–Trinajstić information content (AvgIpc) is 2.64. The normalized spacial score (nSPS) is 16.4. The van der Waals surface area contributed by atoms with Gasteiger partial charge >= 0.3 is 0 Å². The zero-order chi connectivity index (χ0) is 21.9. The molecular weight excluding hydrogens is 386 g/mol. The average molecular weight is 420 g/mol. The summed E-state index contributed by atoms with van der Waals surface area (Å²) in [6, 6.07) is 0. The van der Waals surface area contributed by atoms with Crippen LogP contribution in [0.5, 0.6) is 0 Å². The van der Waals surface area contributed by atoms with Crippen molar-refractivity contribution in [2.75, 3.05) is 26.3 Å². The lowest BCUT2D eigenvalue weighted by atomic mass is 9.88. The fourth-order valence-corrected chi connectivity index (χ4v) is 2.81. The molecule has 0 saturated heterocycles. The molecule has 7 N–H and O–H groups in total. The Bertz CT molecular complexity index is 545. The Balaban J connectivity index is 4.59. The van der Waals surface area contributed by atoms with Crippen molar-refractivity contribution < 1.29 is 30.0 Å². The van der Waals surface area contributed by atoms with Crippen molar-refractivity contribution in [3.63, 3.8) is 0 Å². The molecule has 10 heteroatoms. The van der Waals surface area contributed by atoms with Crippen LogP contribution in [0.2, 0.25) is 0 Å². The summed E-state index contributed by atoms with van der Waals surface area (Å²) in [7, 11) is 0. The molecule has 0 aromatic heterocycles. The van der Waals surface area contributed by atoms with Crippen LogP contribution in [0.25, 0.3) is 0 Å². The molecular formula is C18H33N3O6S. The highest BCUT2D eigenvalue weighted by Crippen LogP contribution is 2.17. The van der Waals surface area contributed by atoms with Gasteiger partial charge < -0.3 is 36.5 Å². The van der Waals surface area contributed by atoms with E-state index in [0.717, 1.165) is 0 Å². The van der Waals surface area contributed by atoms with Crippen LogP contribution in [0.4, 0.5) is 0 Å². The third-order valence-electron chi connectivity index (χ3n) is 4.62. The molecule has 0 aliphatic rings. The molecule has 0 saturated carbocycles. The monoisotopic (exact) mass is 419 g/mol. The Morgan fingerprint density at radius 2 is 1.71 bits per heavy atom. The van der Waals surface area contributed by atoms with Gasteiger partial charge in [0.1, 0.15) is 5.78 Å². The largest absolute Gasteiger partial charge is 0.396 e. The second-order valence-corrected chi connectivity index (χ2v) is 7.53. The van der Waals surface area contributed by atoms with E-state index in [4.69, 9.17) is 22.7 Å². The molecule has 0 rings (SSSR count). The number of amides is 1. The van der Waals surface area contributed by atoms with Gasteiger partial charge in [-0.1, -0.05) is 19.1 Å². The van der Waals surface area contributed by atoms with Gasteiger partial charge in [-0.15, -0.1) is 0 Å². The molecule has 0 fully saturated rings. The molecule has 28 heavy (non-hydrogen) atoms. The van der Waals surface area contributed by atoms with Crippen molar-refractivity contribution in [1.82, 2.24) is 10.6 Å². The molecule has 0 heterocycles. The highest BCUT2D eigenvalue weighted by molar-refractivity contribution is 7.80. The number of thiocarbonyl (C=S) groups is 1. The number of ketones is 1. The summed E-state index contributed by atoms with van der Waals surface area (Å²) in [6.45, 7) is 3.69. The van der Waals surface area contributed by atoms with E-state index in [1.54, 1.807) is 6.92 Å². The van der Waals surface area contributed by atoms with Gasteiger partial charge in [-0.2, -0.15) is 0 Å². The number of aliphatic hydroxyl groups is 4. The first-order valence-corrected chi connectivity index (χ1v) is 9.62. The SMILES string of the molecule is CC(=N)C(CCC(=S)NCC(CO)C(O)C(C)C(O)CO)C(=O)NCC(C)=O. The lowest BCUT2D eigenvalue weighted by molar-refractivity contribution is -0.126. The van der Waals surface area contributed by atoms with E-state index >= 15 is 0 Å². The van der Waals surface area contributed by atoms with Crippen molar-refractivity contribution >= 4 is 34.6 Å². The van der Waals surface area contributed by atoms with Crippen LogP contribution in [0.3, 0.4) is 0 Å². The maximum Gasteiger partial charge on any atom is 0.229 e. The molecule has 162 valence electrons. The molecule has 0 bridgehead atoms. The van der Waals surface area contributed by atoms with Gasteiger partial charge in [0.05, 0.1) is 42.9 Å². The summed E-state index contributed by atoms with van der Waals surface area (Å²) in [4.78, 5) is 23.5. The minimum Gasteiger partial charge on any atom is -0.396 e. The third-order valence-corrected chi connectivity index (χ3v) is 4.97. The number of hydrogen-bond donors (Lipinski definition) is 7. The molecule has 5 unspecified atom stereocenters. The summed E-state index contributed by atoms with van der Waals surface area (Å²) in [6.07, 6.45) is -1.54. The maximum atomic E-state index is 12.1. The Morgan fingerprint density at radius 1 is 1.11 bits per heavy atom. The lowest BCUT2D eigenvalue weighted by Gasteiger charge is -2.29. The second kappa shape index (κ2) is 13.7. The van der Waals surface area contributed by atoms with Gasteiger partial charge in [-0.05, 0) is 26.7 Å². The molecule has 0 aromatic carbocycles. The van der Waals surface area contributed by atoms with E-state index in [9.17, 15) is 24.9 Å². The summed E-state index contributed by atoms with van der Waals surface area (Å²) >= 11 is 5.22. The molecule has 5 atom stereocenters. The Labute approximate surface area is 171 Å². The quantitative estimate of drug-likeness (QED) is 0.139. The number of Topliss-reactive ketones (excluding diaryl/α,β-unsaturated/α-hetero) is 1. The number of carbonyl (C=O) groups excluding carboxylic acids is 2. The van der Waals surface area contributed by atoms with Gasteiger partial charge in [-0.3, -0.25) is 9.59 Å². The molecule has 1 amide bonds. The van der Waals surface area contributed by atoms with Gasteiger partial charge in [0.2, 0.25) is 5.91 Å². The maximum absolute atomic E-state index is 12.1. The van der Waals surface area contributed by atoms with Crippen molar-refractivity contribution in [3.8, 4) is 0 Å². The van der Waals surface area contributed by atoms with Crippen molar-refractivity contribution in [2.24, 2.45) is 17.8 Å². The lowest BCUT2D eigenvalue weighted by Crippen LogP contribution is -2.43. The molecule has 0 radical (unpaired) electrons. The number of rotatable bonds is 14. The number of nitrogens with one attached hydrogen (secondary N) is 3. The van der Waals surface area contributed by atoms with E-state index < -0.39 is 42.5 Å². The highest BCUT2D eigenvalue weighted by Gasteiger charge is 2.29. The Hall–Kier alpha value is -1.46. The van der Waals surface area contributed by atoms with Crippen molar-refractivity contribution in [1.29, 1.82) is 5.41 Å². The van der Waals surface area contributed by atoms with Crippen LogP contribution in [0.1, 0.15) is 33.6 Å². The number of hydrogen-bond acceptors (Lipinski definition) is 8. The van der Waals surface area contributed by atoms with Crippen molar-refractivity contribution in [2.45, 2.75) is 45.8 Å². The van der Waals surface area contributed by atoms with Crippen LogP contribution in [-0.2, 0) is 9.59 Å². The topological polar surface area (TPSA) is 163 Å². The van der Waals surface area contributed by atoms with Crippen LogP contribution >= 0.6 is 12.2 Å². The molecule has 9 nitrogen and oxygen atoms in total. The summed E-state index contributed by atoms with van der Waals surface area (Å²) in [5.74, 6) is -2.51. The smallest absolute Gasteiger partial charge is 0.229 e. The summed E-state index contributed by atoms with van der Waals surface area (Å²) in [5, 5.41) is 51.5. The first-order valence-electron chi connectivity index (χ1n) is 9.21. The van der Waals surface area contributed by atoms with Gasteiger partial charge in [0.15, 0.2) is 0 Å². The van der Waals surface area contributed by atoms with Gasteiger partial charge in [-0.25, -0.2) is 0 Å². The summed E-state index contributed by atoms with van der Waals surface area (Å²) in [5.41, 5.74) is 0.166. The third kappa shape index (κ3) is 9.65. The molecule has 0 aliphatic carbocycles. The van der Waals surface area contributed by atoms with E-state index in [2.05, 4.69) is 10.6 Å². The highest BCUT2D eigenvalue weighted by atomic mass is 32.1. The number of carbonyl (C=O) groups is 2. The fraction of sp³-hybridized carbons (Fsp3) is 0.778. The van der Waals surface area contributed by atoms with Gasteiger partial charge in [0, 0.05) is 24.1 Å². The van der Waals surface area contributed by atoms with E-state index in [1.165, 1.54) is 13.8 Å². The first kappa shape index (κ1) is 26.5. The second-order valence-electron chi connectivity index (χ2n) is 7.04. The van der Waals surface area contributed by atoms with E-state index in [0.29, 0.717) is 11.4 Å². The predicted molar refractivity (Wildman–Crippen MR) is 109 cm³/mol. The molecule has 0 aromatic rings. The van der Waals surface area contributed by atoms with Crippen LogP contribution in [0.15, 0.2) is 0 Å². The van der Waals surface area contributed by atoms with E-state index in [1.807, 2.05) is 0 Å². The summed E-state index contributed by atoms with van der Waals surface area (Å²) < 4.78 is 0. The van der Waals surface area contributed by atoms with Crippen LogP contribution < -0.4 is 10.6 Å². The zero-order valence-corrected chi connectivity index (χ0v) is 17.5. The minimum atomic E-state index is -1.10. The first-order chi connectivity index (χ1) is 13.0. The molecule has 0 aliphatic heterocycles. The van der Waals surface area contributed by atoms with Gasteiger partial charge in [0.25, 0.3) is 0 Å². The van der Waals surface area contributed by atoms with Crippen LogP contribution in [0, 0.1) is 23.2 Å². The zero-order valence-electron chi connectivity index (χ0n) is 16.6.